The van der Waals surface area contributed by atoms with Crippen molar-refractivity contribution in [3.05, 3.63) is 18.5 Å². The minimum absolute atomic E-state index is 0.386. The van der Waals surface area contributed by atoms with Gasteiger partial charge in [-0.2, -0.15) is 9.97 Å². The number of aromatic nitrogens is 4. The van der Waals surface area contributed by atoms with Gasteiger partial charge in [0.1, 0.15) is 6.73 Å². The van der Waals surface area contributed by atoms with E-state index in [4.69, 9.17) is 19.7 Å². The van der Waals surface area contributed by atoms with Crippen molar-refractivity contribution in [1.82, 2.24) is 24.8 Å². The predicted molar refractivity (Wildman–Crippen MR) is 103 cm³/mol. The lowest BCUT2D eigenvalue weighted by Gasteiger charge is -2.28. The van der Waals surface area contributed by atoms with Crippen molar-refractivity contribution in [1.29, 1.82) is 0 Å². The molecule has 0 spiro atoms. The van der Waals surface area contributed by atoms with Crippen LogP contribution in [-0.2, 0) is 21.1 Å². The molecular formula is C17H24N6O6. The highest BCUT2D eigenvalue weighted by Crippen LogP contribution is 2.25. The fourth-order valence-corrected chi connectivity index (χ4v) is 2.58. The molecule has 12 nitrogen and oxygen atoms in total. The van der Waals surface area contributed by atoms with Crippen molar-refractivity contribution in [2.24, 2.45) is 0 Å². The van der Waals surface area contributed by atoms with Crippen LogP contribution in [0.25, 0.3) is 11.2 Å². The van der Waals surface area contributed by atoms with Crippen molar-refractivity contribution in [2.45, 2.75) is 13.7 Å². The zero-order chi connectivity index (χ0) is 21.2. The van der Waals surface area contributed by atoms with Crippen LogP contribution in [-0.4, -0.2) is 81.6 Å². The van der Waals surface area contributed by atoms with Crippen molar-refractivity contribution in [3.8, 4) is 6.01 Å². The molecule has 3 N–H and O–H groups in total. The maximum Gasteiger partial charge on any atom is 0.328 e. The van der Waals surface area contributed by atoms with Crippen LogP contribution >= 0.6 is 0 Å². The Morgan fingerprint density at radius 2 is 1.86 bits per heavy atom. The monoisotopic (exact) mass is 408 g/mol. The first-order valence-electron chi connectivity index (χ1n) is 8.90. The maximum absolute atomic E-state index is 9.55. The number of nitrogens with zero attached hydrogens (tertiary/aromatic N) is 5. The Morgan fingerprint density at radius 3 is 2.41 bits per heavy atom. The summed E-state index contributed by atoms with van der Waals surface area (Å²) < 4.78 is 12.5. The lowest BCUT2D eigenvalue weighted by Crippen LogP contribution is -2.44. The lowest BCUT2D eigenvalue weighted by atomic mass is 10.3. The molecule has 158 valence electrons. The normalized spacial score (nSPS) is 13.9. The first-order chi connectivity index (χ1) is 14.0. The van der Waals surface area contributed by atoms with Crippen LogP contribution in [0, 0.1) is 0 Å². The summed E-state index contributed by atoms with van der Waals surface area (Å²) in [6.07, 6.45) is 2.84. The van der Waals surface area contributed by atoms with Gasteiger partial charge >= 0.3 is 17.9 Å². The van der Waals surface area contributed by atoms with Crippen molar-refractivity contribution >= 4 is 28.9 Å². The summed E-state index contributed by atoms with van der Waals surface area (Å²) in [7, 11) is 1.65. The summed E-state index contributed by atoms with van der Waals surface area (Å²) in [6.45, 7) is 6.53. The first kappa shape index (κ1) is 22.0. The summed E-state index contributed by atoms with van der Waals surface area (Å²) in [5.74, 6) is -1.68. The van der Waals surface area contributed by atoms with Gasteiger partial charge in [0.25, 0.3) is 0 Å². The number of fused-ring (bicyclic) bond motifs is 1. The van der Waals surface area contributed by atoms with Crippen molar-refractivity contribution in [3.63, 3.8) is 0 Å². The van der Waals surface area contributed by atoms with Crippen LogP contribution in [0.15, 0.2) is 18.5 Å². The maximum atomic E-state index is 9.55. The molecule has 29 heavy (non-hydrogen) atoms. The third-order valence-corrected chi connectivity index (χ3v) is 3.75. The van der Waals surface area contributed by atoms with Crippen LogP contribution in [0.2, 0.25) is 0 Å². The van der Waals surface area contributed by atoms with Gasteiger partial charge in [-0.15, -0.1) is 0 Å². The molecule has 3 heterocycles. The zero-order valence-electron chi connectivity index (χ0n) is 16.2. The molecule has 2 aromatic heterocycles. The number of imidazole rings is 1. The minimum atomic E-state index is -1.26. The highest BCUT2D eigenvalue weighted by atomic mass is 16.5. The van der Waals surface area contributed by atoms with E-state index in [1.165, 1.54) is 0 Å². The number of methoxy groups -OCH3 is 1. The zero-order valence-corrected chi connectivity index (χ0v) is 16.2. The van der Waals surface area contributed by atoms with Gasteiger partial charge in [-0.05, 0) is 6.92 Å². The predicted octanol–water partition coefficient (Wildman–Crippen LogP) is -0.0497. The van der Waals surface area contributed by atoms with Crippen LogP contribution in [0.5, 0.6) is 6.01 Å². The molecule has 0 bridgehead atoms. The number of hydrogen-bond donors (Lipinski definition) is 3. The Hall–Kier alpha value is -3.25. The number of carboxylic acid groups (broad SMARTS) is 2. The quantitative estimate of drug-likeness (QED) is 0.529. The third-order valence-electron chi connectivity index (χ3n) is 3.75. The van der Waals surface area contributed by atoms with E-state index in [0.29, 0.717) is 31.5 Å². The van der Waals surface area contributed by atoms with E-state index in [0.717, 1.165) is 43.2 Å². The van der Waals surface area contributed by atoms with Crippen LogP contribution in [0.1, 0.15) is 6.92 Å². The Balaban J connectivity index is 0.000000321. The van der Waals surface area contributed by atoms with E-state index in [9.17, 15) is 9.59 Å². The Labute approximate surface area is 166 Å². The van der Waals surface area contributed by atoms with Gasteiger partial charge in [0.05, 0.1) is 12.9 Å². The fraction of sp³-hybridized carbons (Fsp3) is 0.471. The Kier molecular flexibility index (Phi) is 8.30. The molecule has 2 aromatic rings. The largest absolute Gasteiger partial charge is 0.478 e. The molecule has 3 rings (SSSR count). The fourth-order valence-electron chi connectivity index (χ4n) is 2.58. The molecule has 0 amide bonds. The molecule has 1 fully saturated rings. The molecule has 0 atom stereocenters. The molecule has 0 aliphatic carbocycles. The number of carbonyl (C=O) groups is 2. The SMILES string of the molecule is CCOc1nc(N2CCNCC2)c2ncn(COC)c2n1.O=C(O)/C=C\C(=O)O. The number of carboxylic acids is 2. The van der Waals surface area contributed by atoms with E-state index in [2.05, 4.69) is 25.2 Å². The molecule has 0 saturated carbocycles. The van der Waals surface area contributed by atoms with Crippen LogP contribution < -0.4 is 15.0 Å². The van der Waals surface area contributed by atoms with Gasteiger partial charge in [-0.1, -0.05) is 0 Å². The molecule has 1 aliphatic rings. The molecular weight excluding hydrogens is 384 g/mol. The van der Waals surface area contributed by atoms with Crippen LogP contribution in [0.3, 0.4) is 0 Å². The smallest absolute Gasteiger partial charge is 0.328 e. The second-order valence-corrected chi connectivity index (χ2v) is 5.81. The Bertz CT molecular complexity index is 845. The van der Waals surface area contributed by atoms with Gasteiger partial charge in [0.15, 0.2) is 17.0 Å². The lowest BCUT2D eigenvalue weighted by molar-refractivity contribution is -0.134. The summed E-state index contributed by atoms with van der Waals surface area (Å²) in [6, 6.07) is 0.386. The molecule has 1 saturated heterocycles. The average molecular weight is 408 g/mol. The van der Waals surface area contributed by atoms with Gasteiger partial charge in [-0.3, -0.25) is 4.57 Å². The van der Waals surface area contributed by atoms with E-state index >= 15 is 0 Å². The van der Waals surface area contributed by atoms with Crippen LogP contribution in [0.4, 0.5) is 5.82 Å². The summed E-state index contributed by atoms with van der Waals surface area (Å²) >= 11 is 0. The van der Waals surface area contributed by atoms with E-state index in [1.54, 1.807) is 13.4 Å². The Morgan fingerprint density at radius 1 is 1.21 bits per heavy atom. The number of hydrogen-bond acceptors (Lipinski definition) is 9. The summed E-state index contributed by atoms with van der Waals surface area (Å²) in [5, 5.41) is 19.0. The molecule has 0 radical (unpaired) electrons. The molecule has 0 unspecified atom stereocenters. The summed E-state index contributed by atoms with van der Waals surface area (Å²) in [5.41, 5.74) is 1.53. The van der Waals surface area contributed by atoms with Gasteiger partial charge in [0.2, 0.25) is 0 Å². The van der Waals surface area contributed by atoms with Crippen molar-refractivity contribution in [2.75, 3.05) is 44.8 Å². The number of piperazine rings is 1. The number of nitrogens with one attached hydrogen (secondary N) is 1. The molecule has 1 aliphatic heterocycles. The van der Waals surface area contributed by atoms with Crippen molar-refractivity contribution < 1.29 is 29.3 Å². The topological polar surface area (TPSA) is 152 Å². The number of rotatable bonds is 7. The van der Waals surface area contributed by atoms with Gasteiger partial charge in [-0.25, -0.2) is 14.6 Å². The second kappa shape index (κ2) is 10.9. The second-order valence-electron chi connectivity index (χ2n) is 5.81. The van der Waals surface area contributed by atoms with Gasteiger partial charge < -0.3 is 29.9 Å². The number of aliphatic carboxylic acids is 2. The highest BCUT2D eigenvalue weighted by Gasteiger charge is 2.20. The molecule has 12 heteroatoms. The highest BCUT2D eigenvalue weighted by molar-refractivity contribution is 5.89. The standard InChI is InChI=1S/C13H20N6O2.C4H4O4/c1-3-21-13-16-11(18-6-4-14-5-7-18)10-12(17-13)19(8-15-10)9-20-2;5-3(6)1-2-4(7)8/h8,14H,3-7,9H2,1-2H3;1-2H,(H,5,6)(H,7,8)/b;2-1-. The number of anilines is 1. The third kappa shape index (κ3) is 6.40. The average Bonchev–Trinajstić information content (AvgIpc) is 3.10. The van der Waals surface area contributed by atoms with E-state index in [1.807, 2.05) is 11.5 Å². The first-order valence-corrected chi connectivity index (χ1v) is 8.90. The number of ether oxygens (including phenoxy) is 2. The van der Waals surface area contributed by atoms with E-state index in [-0.39, 0.29) is 0 Å². The molecule has 0 aromatic carbocycles. The summed E-state index contributed by atoms with van der Waals surface area (Å²) in [4.78, 5) is 34.8. The van der Waals surface area contributed by atoms with Gasteiger partial charge in [0, 0.05) is 45.4 Å². The minimum Gasteiger partial charge on any atom is -0.478 e. The van der Waals surface area contributed by atoms with E-state index < -0.39 is 11.9 Å².